The minimum Gasteiger partial charge on any atom is -0.506 e. The fourth-order valence-corrected chi connectivity index (χ4v) is 6.10. The van der Waals surface area contributed by atoms with E-state index in [1.807, 2.05) is 13.0 Å². The van der Waals surface area contributed by atoms with Gasteiger partial charge in [0.1, 0.15) is 17.0 Å². The molecule has 3 fully saturated rings. The first-order chi connectivity index (χ1) is 15.5. The monoisotopic (exact) mass is 455 g/mol. The Kier molecular flexibility index (Phi) is 5.60. The highest BCUT2D eigenvalue weighted by atomic mass is 16.5. The maximum atomic E-state index is 13.0. The minimum atomic E-state index is -0.809. The van der Waals surface area contributed by atoms with Gasteiger partial charge in [0.25, 0.3) is 0 Å². The van der Waals surface area contributed by atoms with Crippen LogP contribution in [-0.4, -0.2) is 46.2 Å². The highest BCUT2D eigenvalue weighted by Crippen LogP contribution is 2.64. The van der Waals surface area contributed by atoms with E-state index in [0.717, 1.165) is 19.1 Å². The number of amides is 1. The number of aromatic hydroxyl groups is 2. The molecule has 33 heavy (non-hydrogen) atoms. The van der Waals surface area contributed by atoms with Crippen LogP contribution in [0.1, 0.15) is 49.4 Å². The van der Waals surface area contributed by atoms with Crippen LogP contribution in [-0.2, 0) is 14.3 Å². The largest absolute Gasteiger partial charge is 0.506 e. The van der Waals surface area contributed by atoms with Crippen LogP contribution in [0, 0.1) is 22.7 Å². The molecule has 0 saturated heterocycles. The van der Waals surface area contributed by atoms with Crippen LogP contribution in [0.15, 0.2) is 36.4 Å². The fraction of sp³-hybridized carbons (Fsp3) is 0.480. The number of anilines is 1. The summed E-state index contributed by atoms with van der Waals surface area (Å²) in [6.07, 6.45) is 5.23. The van der Waals surface area contributed by atoms with Crippen LogP contribution < -0.4 is 5.32 Å². The van der Waals surface area contributed by atoms with Gasteiger partial charge in [-0.2, -0.15) is 0 Å². The smallest absolute Gasteiger partial charge is 0.341 e. The van der Waals surface area contributed by atoms with Gasteiger partial charge in [-0.3, -0.25) is 9.59 Å². The molecule has 1 aromatic carbocycles. The molecule has 0 radical (unpaired) electrons. The molecule has 8 nitrogen and oxygen atoms in total. The van der Waals surface area contributed by atoms with Gasteiger partial charge in [0.15, 0.2) is 11.5 Å². The van der Waals surface area contributed by atoms with Crippen LogP contribution >= 0.6 is 0 Å². The van der Waals surface area contributed by atoms with Crippen molar-refractivity contribution in [3.8, 4) is 11.5 Å². The SMILES string of the molecule is C=C1CC23C=CC(=O)[C@@](C)(CCC(=O)Nc4c(O)ccc(C(=O)OC)c4O)C2CC1[C@@H](O)C3. The molecule has 4 aliphatic rings. The lowest BCUT2D eigenvalue weighted by Crippen LogP contribution is -2.57. The predicted octanol–water partition coefficient (Wildman–Crippen LogP) is 3.08. The van der Waals surface area contributed by atoms with Crippen LogP contribution in [0.5, 0.6) is 11.5 Å². The molecule has 3 unspecified atom stereocenters. The van der Waals surface area contributed by atoms with Gasteiger partial charge in [-0.15, -0.1) is 0 Å². The number of ketones is 1. The molecule has 4 aliphatic carbocycles. The number of methoxy groups -OCH3 is 1. The predicted molar refractivity (Wildman–Crippen MR) is 120 cm³/mol. The molecule has 5 rings (SSSR count). The second-order valence-electron chi connectivity index (χ2n) is 9.75. The number of aliphatic hydroxyl groups excluding tert-OH is 1. The Morgan fingerprint density at radius 1 is 1.30 bits per heavy atom. The fourth-order valence-electron chi connectivity index (χ4n) is 6.10. The molecule has 176 valence electrons. The van der Waals surface area contributed by atoms with Crippen molar-refractivity contribution in [3.05, 3.63) is 42.0 Å². The van der Waals surface area contributed by atoms with Crippen molar-refractivity contribution in [2.24, 2.45) is 22.7 Å². The highest BCUT2D eigenvalue weighted by Gasteiger charge is 2.60. The van der Waals surface area contributed by atoms with Gasteiger partial charge >= 0.3 is 5.97 Å². The number of hydrogen-bond donors (Lipinski definition) is 4. The Morgan fingerprint density at radius 3 is 2.70 bits per heavy atom. The van der Waals surface area contributed by atoms with Crippen molar-refractivity contribution in [2.75, 3.05) is 12.4 Å². The number of esters is 1. The van der Waals surface area contributed by atoms with Crippen LogP contribution in [0.3, 0.4) is 0 Å². The van der Waals surface area contributed by atoms with Crippen LogP contribution in [0.4, 0.5) is 5.69 Å². The average molecular weight is 456 g/mol. The Hall–Kier alpha value is -3.13. The molecule has 1 spiro atoms. The van der Waals surface area contributed by atoms with Crippen molar-refractivity contribution in [3.63, 3.8) is 0 Å². The number of rotatable bonds is 5. The second kappa shape index (κ2) is 8.02. The molecule has 3 saturated carbocycles. The first-order valence-corrected chi connectivity index (χ1v) is 11.0. The Morgan fingerprint density at radius 2 is 2.03 bits per heavy atom. The van der Waals surface area contributed by atoms with Gasteiger partial charge in [0, 0.05) is 17.8 Å². The number of allylic oxidation sites excluding steroid dienone is 2. The van der Waals surface area contributed by atoms with Crippen molar-refractivity contribution in [2.45, 2.75) is 45.1 Å². The third-order valence-electron chi connectivity index (χ3n) is 7.91. The number of benzene rings is 1. The summed E-state index contributed by atoms with van der Waals surface area (Å²) in [5.41, 5.74) is -0.584. The third-order valence-corrected chi connectivity index (χ3v) is 7.91. The Bertz CT molecular complexity index is 1080. The molecular formula is C25H29NO7. The molecule has 2 bridgehead atoms. The van der Waals surface area contributed by atoms with Gasteiger partial charge < -0.3 is 25.4 Å². The topological polar surface area (TPSA) is 133 Å². The van der Waals surface area contributed by atoms with E-state index in [1.165, 1.54) is 12.1 Å². The molecule has 8 heteroatoms. The van der Waals surface area contributed by atoms with Crippen molar-refractivity contribution in [1.29, 1.82) is 0 Å². The van der Waals surface area contributed by atoms with Crippen molar-refractivity contribution in [1.82, 2.24) is 0 Å². The maximum absolute atomic E-state index is 13.0. The molecule has 0 aliphatic heterocycles. The van der Waals surface area contributed by atoms with E-state index in [1.54, 1.807) is 6.08 Å². The minimum absolute atomic E-state index is 0.0151. The number of nitrogens with one attached hydrogen (secondary N) is 1. The van der Waals surface area contributed by atoms with Gasteiger partial charge in [-0.1, -0.05) is 25.2 Å². The van der Waals surface area contributed by atoms with Crippen molar-refractivity contribution >= 4 is 23.3 Å². The number of carbonyl (C=O) groups is 3. The summed E-state index contributed by atoms with van der Waals surface area (Å²) in [5.74, 6) is -2.40. The van der Waals surface area contributed by atoms with E-state index in [2.05, 4.69) is 16.6 Å². The number of fused-ring (bicyclic) bond motifs is 2. The van der Waals surface area contributed by atoms with E-state index < -0.39 is 34.9 Å². The number of phenolic OH excluding ortho intramolecular Hbond substituents is 2. The summed E-state index contributed by atoms with van der Waals surface area (Å²) >= 11 is 0. The van der Waals surface area contributed by atoms with Gasteiger partial charge in [0.05, 0.1) is 13.2 Å². The molecule has 0 heterocycles. The zero-order valence-corrected chi connectivity index (χ0v) is 18.8. The lowest BCUT2D eigenvalue weighted by molar-refractivity contribution is -0.142. The van der Waals surface area contributed by atoms with E-state index in [9.17, 15) is 29.7 Å². The zero-order valence-electron chi connectivity index (χ0n) is 18.8. The normalized spacial score (nSPS) is 32.4. The van der Waals surface area contributed by atoms with E-state index in [0.29, 0.717) is 12.8 Å². The number of phenols is 2. The summed E-state index contributed by atoms with van der Waals surface area (Å²) in [4.78, 5) is 37.5. The van der Waals surface area contributed by atoms with Crippen molar-refractivity contribution < 1.29 is 34.4 Å². The maximum Gasteiger partial charge on any atom is 0.341 e. The summed E-state index contributed by atoms with van der Waals surface area (Å²) in [6.45, 7) is 6.02. The standard InChI is InChI=1S/C25H29NO7/c1-13-11-25-9-6-19(29)24(2,18(25)10-15(13)17(28)12-25)8-7-20(30)26-21-16(27)5-4-14(22(21)31)23(32)33-3/h4-6,9,15,17-18,27-28,31H,1,7-8,10-12H2,2-3H3,(H,26,30)/t15?,17-,18?,24-,25?/m0/s1. The highest BCUT2D eigenvalue weighted by molar-refractivity contribution is 6.01. The third kappa shape index (κ3) is 3.62. The Balaban J connectivity index is 1.52. The first kappa shape index (κ1) is 23.0. The molecule has 1 amide bonds. The molecule has 5 atom stereocenters. The molecule has 1 aromatic rings. The van der Waals surface area contributed by atoms with E-state index in [-0.39, 0.29) is 47.1 Å². The lowest BCUT2D eigenvalue weighted by atomic mass is 9.44. The quantitative estimate of drug-likeness (QED) is 0.305. The van der Waals surface area contributed by atoms with Gasteiger partial charge in [-0.25, -0.2) is 4.79 Å². The van der Waals surface area contributed by atoms with E-state index >= 15 is 0 Å². The second-order valence-corrected chi connectivity index (χ2v) is 9.75. The number of hydrogen-bond acceptors (Lipinski definition) is 7. The molecular weight excluding hydrogens is 426 g/mol. The first-order valence-electron chi connectivity index (χ1n) is 11.0. The lowest BCUT2D eigenvalue weighted by Gasteiger charge is -2.60. The average Bonchev–Trinajstić information content (AvgIpc) is 2.77. The van der Waals surface area contributed by atoms with Gasteiger partial charge in [0.2, 0.25) is 5.91 Å². The zero-order chi connectivity index (χ0) is 24.1. The summed E-state index contributed by atoms with van der Waals surface area (Å²) in [6, 6.07) is 2.37. The molecule has 0 aromatic heterocycles. The summed E-state index contributed by atoms with van der Waals surface area (Å²) in [7, 11) is 1.15. The number of carbonyl (C=O) groups excluding carboxylic acids is 3. The molecule has 4 N–H and O–H groups in total. The van der Waals surface area contributed by atoms with Crippen LogP contribution in [0.2, 0.25) is 0 Å². The number of ether oxygens (including phenoxy) is 1. The van der Waals surface area contributed by atoms with Crippen LogP contribution in [0.25, 0.3) is 0 Å². The van der Waals surface area contributed by atoms with Gasteiger partial charge in [-0.05, 0) is 55.2 Å². The van der Waals surface area contributed by atoms with E-state index in [4.69, 9.17) is 0 Å². The Labute approximate surface area is 191 Å². The number of aliphatic hydroxyl groups is 1. The summed E-state index contributed by atoms with van der Waals surface area (Å²) < 4.78 is 4.60. The summed E-state index contributed by atoms with van der Waals surface area (Å²) in [5, 5.41) is 33.4.